The zero-order valence-electron chi connectivity index (χ0n) is 12.4. The molecule has 7 heteroatoms. The number of aromatic carboxylic acids is 1. The summed E-state index contributed by atoms with van der Waals surface area (Å²) in [4.78, 5) is 22.2. The van der Waals surface area contributed by atoms with Crippen molar-refractivity contribution in [2.75, 3.05) is 25.6 Å². The molecular formula is C15H20O6S. The minimum absolute atomic E-state index is 0.156. The van der Waals surface area contributed by atoms with Crippen LogP contribution in [0, 0.1) is 0 Å². The topological polar surface area (TPSA) is 89.9 Å². The molecule has 0 aliphatic heterocycles. The van der Waals surface area contributed by atoms with Crippen molar-refractivity contribution in [3.05, 3.63) is 35.4 Å². The van der Waals surface area contributed by atoms with Gasteiger partial charge in [0.25, 0.3) is 0 Å². The summed E-state index contributed by atoms with van der Waals surface area (Å²) in [7, 11) is -1.39. The average Bonchev–Trinajstić information content (AvgIpc) is 2.47. The Morgan fingerprint density at radius 3 is 2.41 bits per heavy atom. The normalized spacial score (nSPS) is 11.9. The minimum Gasteiger partial charge on any atom is -0.478 e. The van der Waals surface area contributed by atoms with Gasteiger partial charge in [0.15, 0.2) is 0 Å². The van der Waals surface area contributed by atoms with Crippen molar-refractivity contribution >= 4 is 22.7 Å². The molecule has 1 aromatic carbocycles. The Kier molecular flexibility index (Phi) is 8.39. The van der Waals surface area contributed by atoms with Crippen molar-refractivity contribution in [2.45, 2.75) is 19.1 Å². The molecule has 22 heavy (non-hydrogen) atoms. The van der Waals surface area contributed by atoms with Gasteiger partial charge in [-0.3, -0.25) is 9.00 Å². The second kappa shape index (κ2) is 10.1. The number of hydrogen-bond acceptors (Lipinski definition) is 5. The molecule has 1 rings (SSSR count). The van der Waals surface area contributed by atoms with E-state index in [2.05, 4.69) is 0 Å². The number of carboxylic acids is 1. The highest BCUT2D eigenvalue weighted by atomic mass is 32.2. The lowest BCUT2D eigenvalue weighted by atomic mass is 10.1. The van der Waals surface area contributed by atoms with E-state index in [1.165, 1.54) is 12.1 Å². The molecule has 0 spiro atoms. The molecule has 6 nitrogen and oxygen atoms in total. The van der Waals surface area contributed by atoms with Gasteiger partial charge in [-0.2, -0.15) is 0 Å². The molecule has 1 aromatic rings. The largest absolute Gasteiger partial charge is 0.478 e. The molecule has 0 fully saturated rings. The smallest absolute Gasteiger partial charge is 0.335 e. The van der Waals surface area contributed by atoms with E-state index in [4.69, 9.17) is 14.6 Å². The maximum Gasteiger partial charge on any atom is 0.335 e. The van der Waals surface area contributed by atoms with Gasteiger partial charge in [0.1, 0.15) is 12.4 Å². The average molecular weight is 328 g/mol. The van der Waals surface area contributed by atoms with Crippen LogP contribution >= 0.6 is 0 Å². The molecule has 0 aliphatic carbocycles. The molecule has 0 aliphatic rings. The van der Waals surface area contributed by atoms with Gasteiger partial charge >= 0.3 is 11.9 Å². The summed E-state index contributed by atoms with van der Waals surface area (Å²) < 4.78 is 21.9. The van der Waals surface area contributed by atoms with Crippen LogP contribution in [0.2, 0.25) is 0 Å². The van der Waals surface area contributed by atoms with Gasteiger partial charge in [0, 0.05) is 23.2 Å². The zero-order valence-corrected chi connectivity index (χ0v) is 13.3. The molecule has 0 aromatic heterocycles. The Balaban J connectivity index is 2.30. The first-order chi connectivity index (χ1) is 10.5. The SMILES string of the molecule is CCCOCCOC(=O)CS(=O)Cc1ccc(C(=O)O)cc1. The molecule has 0 heterocycles. The molecule has 1 N–H and O–H groups in total. The number of benzene rings is 1. The van der Waals surface area contributed by atoms with E-state index in [-0.39, 0.29) is 23.7 Å². The maximum atomic E-state index is 11.8. The summed E-state index contributed by atoms with van der Waals surface area (Å²) in [6.45, 7) is 3.10. The van der Waals surface area contributed by atoms with Crippen molar-refractivity contribution in [2.24, 2.45) is 0 Å². The summed E-state index contributed by atoms with van der Waals surface area (Å²) >= 11 is 0. The van der Waals surface area contributed by atoms with Gasteiger partial charge in [-0.15, -0.1) is 0 Å². The third-order valence-electron chi connectivity index (χ3n) is 2.65. The maximum absolute atomic E-state index is 11.8. The Labute approximate surface area is 131 Å². The lowest BCUT2D eigenvalue weighted by Crippen LogP contribution is -2.18. The number of carbonyl (C=O) groups excluding carboxylic acids is 1. The monoisotopic (exact) mass is 328 g/mol. The van der Waals surface area contributed by atoms with Gasteiger partial charge in [0.2, 0.25) is 0 Å². The molecule has 0 saturated heterocycles. The predicted molar refractivity (Wildman–Crippen MR) is 82.2 cm³/mol. The van der Waals surface area contributed by atoms with E-state index in [0.717, 1.165) is 6.42 Å². The van der Waals surface area contributed by atoms with Crippen molar-refractivity contribution in [1.29, 1.82) is 0 Å². The molecular weight excluding hydrogens is 308 g/mol. The van der Waals surface area contributed by atoms with E-state index in [1.807, 2.05) is 6.92 Å². The van der Waals surface area contributed by atoms with Crippen LogP contribution in [0.15, 0.2) is 24.3 Å². The first-order valence-electron chi connectivity index (χ1n) is 6.93. The van der Waals surface area contributed by atoms with Crippen molar-refractivity contribution in [1.82, 2.24) is 0 Å². The molecule has 0 bridgehead atoms. The third-order valence-corrected chi connectivity index (χ3v) is 3.86. The number of ether oxygens (including phenoxy) is 2. The fraction of sp³-hybridized carbons (Fsp3) is 0.467. The first kappa shape index (κ1) is 18.3. The van der Waals surface area contributed by atoms with Crippen molar-refractivity contribution < 1.29 is 28.4 Å². The zero-order chi connectivity index (χ0) is 16.4. The number of esters is 1. The molecule has 0 saturated carbocycles. The van der Waals surface area contributed by atoms with E-state index in [1.54, 1.807) is 12.1 Å². The molecule has 1 atom stereocenters. The second-order valence-electron chi connectivity index (χ2n) is 4.56. The summed E-state index contributed by atoms with van der Waals surface area (Å²) in [6, 6.07) is 6.06. The van der Waals surface area contributed by atoms with Crippen LogP contribution in [0.1, 0.15) is 29.3 Å². The number of hydrogen-bond donors (Lipinski definition) is 1. The summed E-state index contributed by atoms with van der Waals surface area (Å²) in [5.74, 6) is -1.54. The lowest BCUT2D eigenvalue weighted by molar-refractivity contribution is -0.142. The number of carbonyl (C=O) groups is 2. The Morgan fingerprint density at radius 1 is 1.14 bits per heavy atom. The van der Waals surface area contributed by atoms with Crippen LogP contribution in [0.4, 0.5) is 0 Å². The molecule has 0 amide bonds. The minimum atomic E-state index is -1.39. The Morgan fingerprint density at radius 2 is 1.82 bits per heavy atom. The fourth-order valence-corrected chi connectivity index (χ4v) is 2.63. The van der Waals surface area contributed by atoms with E-state index >= 15 is 0 Å². The van der Waals surface area contributed by atoms with Gasteiger partial charge in [-0.05, 0) is 24.1 Å². The standard InChI is InChI=1S/C15H20O6S/c1-2-7-20-8-9-21-14(16)11-22(19)10-12-3-5-13(6-4-12)15(17)18/h3-6H,2,7-11H2,1H3,(H,17,18). The van der Waals surface area contributed by atoms with Gasteiger partial charge in [0.05, 0.1) is 12.2 Å². The van der Waals surface area contributed by atoms with E-state index in [9.17, 15) is 13.8 Å². The van der Waals surface area contributed by atoms with E-state index in [0.29, 0.717) is 18.8 Å². The van der Waals surface area contributed by atoms with Crippen LogP contribution in [0.3, 0.4) is 0 Å². The third kappa shape index (κ3) is 7.33. The van der Waals surface area contributed by atoms with Gasteiger partial charge < -0.3 is 14.6 Å². The second-order valence-corrected chi connectivity index (χ2v) is 6.02. The number of rotatable bonds is 10. The van der Waals surface area contributed by atoms with Gasteiger partial charge in [-0.1, -0.05) is 19.1 Å². The fourth-order valence-electron chi connectivity index (χ4n) is 1.61. The van der Waals surface area contributed by atoms with Crippen LogP contribution in [0.5, 0.6) is 0 Å². The van der Waals surface area contributed by atoms with E-state index < -0.39 is 22.7 Å². The van der Waals surface area contributed by atoms with Crippen LogP contribution in [-0.4, -0.2) is 46.8 Å². The lowest BCUT2D eigenvalue weighted by Gasteiger charge is -2.06. The van der Waals surface area contributed by atoms with Crippen molar-refractivity contribution in [3.63, 3.8) is 0 Å². The van der Waals surface area contributed by atoms with Crippen LogP contribution in [-0.2, 0) is 30.8 Å². The highest BCUT2D eigenvalue weighted by molar-refractivity contribution is 7.84. The molecule has 1 unspecified atom stereocenters. The summed E-state index contributed by atoms with van der Waals surface area (Å²) in [5, 5.41) is 8.78. The Bertz CT molecular complexity index is 511. The van der Waals surface area contributed by atoms with Crippen molar-refractivity contribution in [3.8, 4) is 0 Å². The number of carboxylic acid groups (broad SMARTS) is 1. The first-order valence-corrected chi connectivity index (χ1v) is 8.42. The summed E-state index contributed by atoms with van der Waals surface area (Å²) in [5.41, 5.74) is 0.878. The van der Waals surface area contributed by atoms with Crippen LogP contribution < -0.4 is 0 Å². The molecule has 122 valence electrons. The Hall–Kier alpha value is -1.73. The quantitative estimate of drug-likeness (QED) is 0.518. The molecule has 0 radical (unpaired) electrons. The van der Waals surface area contributed by atoms with Crippen LogP contribution in [0.25, 0.3) is 0 Å². The predicted octanol–water partition coefficient (Wildman–Crippen LogP) is 1.60. The summed E-state index contributed by atoms with van der Waals surface area (Å²) in [6.07, 6.45) is 0.901. The highest BCUT2D eigenvalue weighted by Crippen LogP contribution is 2.07. The highest BCUT2D eigenvalue weighted by Gasteiger charge is 2.10. The van der Waals surface area contributed by atoms with Gasteiger partial charge in [-0.25, -0.2) is 4.79 Å².